The molecule has 0 saturated carbocycles. The summed E-state index contributed by atoms with van der Waals surface area (Å²) in [6.07, 6.45) is 0.935. The lowest BCUT2D eigenvalue weighted by Crippen LogP contribution is -2.33. The van der Waals surface area contributed by atoms with E-state index in [1.54, 1.807) is 27.2 Å². The maximum absolute atomic E-state index is 12.4. The number of carbonyl (C=O) groups is 2. The van der Waals surface area contributed by atoms with Gasteiger partial charge in [0.05, 0.1) is 43.1 Å². The zero-order valence-electron chi connectivity index (χ0n) is 17.0. The number of methoxy groups -OCH3 is 2. The predicted octanol–water partition coefficient (Wildman–Crippen LogP) is 3.64. The van der Waals surface area contributed by atoms with Gasteiger partial charge in [0.1, 0.15) is 0 Å². The number of hydrazone groups is 1. The largest absolute Gasteiger partial charge is 0.493 e. The van der Waals surface area contributed by atoms with Gasteiger partial charge in [0.2, 0.25) is 5.91 Å². The lowest BCUT2D eigenvalue weighted by molar-refractivity contribution is -0.121. The standard InChI is InChI=1S/C21H24IN3O5/c1-4-30-21(27)24-17(15-8-6-5-7-9-15)12-19(26)25-23-13-14-10-16(22)20(29-3)18(11-14)28-2/h5-11,13,17H,4,12H2,1-3H3,(H,24,27)(H,25,26)/b23-13-/t17-/m1/s1. The highest BCUT2D eigenvalue weighted by molar-refractivity contribution is 14.1. The van der Waals surface area contributed by atoms with Crippen molar-refractivity contribution in [3.05, 3.63) is 57.2 Å². The molecule has 0 aromatic heterocycles. The van der Waals surface area contributed by atoms with E-state index in [2.05, 4.69) is 38.4 Å². The first-order valence-electron chi connectivity index (χ1n) is 9.20. The molecular formula is C21H24IN3O5. The molecule has 0 heterocycles. The summed E-state index contributed by atoms with van der Waals surface area (Å²) in [5.74, 6) is 0.849. The fraction of sp³-hybridized carbons (Fsp3) is 0.286. The Labute approximate surface area is 189 Å². The lowest BCUT2D eigenvalue weighted by atomic mass is 10.0. The van der Waals surface area contributed by atoms with Gasteiger partial charge in [-0.3, -0.25) is 4.79 Å². The van der Waals surface area contributed by atoms with Gasteiger partial charge in [0.25, 0.3) is 0 Å². The number of amides is 2. The van der Waals surface area contributed by atoms with Crippen LogP contribution in [0.5, 0.6) is 11.5 Å². The number of rotatable bonds is 9. The van der Waals surface area contributed by atoms with Gasteiger partial charge in [0, 0.05) is 0 Å². The first-order valence-corrected chi connectivity index (χ1v) is 10.3. The number of ether oxygens (including phenoxy) is 3. The topological polar surface area (TPSA) is 98.2 Å². The van der Waals surface area contributed by atoms with Gasteiger partial charge < -0.3 is 19.5 Å². The molecule has 160 valence electrons. The number of alkyl carbamates (subject to hydrolysis) is 1. The highest BCUT2D eigenvalue weighted by Gasteiger charge is 2.18. The fourth-order valence-electron chi connectivity index (χ4n) is 2.67. The van der Waals surface area contributed by atoms with Crippen LogP contribution in [-0.2, 0) is 9.53 Å². The summed E-state index contributed by atoms with van der Waals surface area (Å²) < 4.78 is 16.4. The maximum atomic E-state index is 12.4. The third-order valence-electron chi connectivity index (χ3n) is 4.02. The second-order valence-corrected chi connectivity index (χ2v) is 7.23. The molecule has 2 aromatic rings. The van der Waals surface area contributed by atoms with Crippen molar-refractivity contribution in [3.8, 4) is 11.5 Å². The zero-order chi connectivity index (χ0) is 21.9. The maximum Gasteiger partial charge on any atom is 0.407 e. The molecule has 0 saturated heterocycles. The first kappa shape index (κ1) is 23.5. The SMILES string of the molecule is CCOC(=O)N[C@H](CC(=O)N/N=C\c1cc(I)c(OC)c(OC)c1)c1ccccc1. The summed E-state index contributed by atoms with van der Waals surface area (Å²) in [5.41, 5.74) is 4.01. The van der Waals surface area contributed by atoms with Crippen molar-refractivity contribution >= 4 is 40.8 Å². The molecular weight excluding hydrogens is 501 g/mol. The van der Waals surface area contributed by atoms with Crippen LogP contribution < -0.4 is 20.2 Å². The van der Waals surface area contributed by atoms with E-state index in [1.807, 2.05) is 36.4 Å². The van der Waals surface area contributed by atoms with E-state index in [4.69, 9.17) is 14.2 Å². The number of halogens is 1. The number of hydrogen-bond donors (Lipinski definition) is 2. The van der Waals surface area contributed by atoms with Gasteiger partial charge >= 0.3 is 6.09 Å². The number of nitrogens with one attached hydrogen (secondary N) is 2. The molecule has 1 atom stereocenters. The molecule has 0 aliphatic rings. The third kappa shape index (κ3) is 6.90. The number of hydrogen-bond acceptors (Lipinski definition) is 6. The fourth-order valence-corrected chi connectivity index (χ4v) is 3.52. The lowest BCUT2D eigenvalue weighted by Gasteiger charge is -2.18. The van der Waals surface area contributed by atoms with E-state index in [1.165, 1.54) is 6.21 Å². The van der Waals surface area contributed by atoms with Crippen molar-refractivity contribution in [2.45, 2.75) is 19.4 Å². The van der Waals surface area contributed by atoms with Gasteiger partial charge in [-0.15, -0.1) is 0 Å². The summed E-state index contributed by atoms with van der Waals surface area (Å²) in [6, 6.07) is 12.3. The molecule has 0 aliphatic carbocycles. The number of benzene rings is 2. The van der Waals surface area contributed by atoms with Crippen LogP contribution >= 0.6 is 22.6 Å². The minimum atomic E-state index is -0.581. The molecule has 2 aromatic carbocycles. The molecule has 2 N–H and O–H groups in total. The predicted molar refractivity (Wildman–Crippen MR) is 122 cm³/mol. The van der Waals surface area contributed by atoms with Gasteiger partial charge in [-0.2, -0.15) is 5.10 Å². The van der Waals surface area contributed by atoms with Crippen LogP contribution in [0.2, 0.25) is 0 Å². The molecule has 0 radical (unpaired) electrons. The molecule has 0 spiro atoms. The van der Waals surface area contributed by atoms with Crippen molar-refractivity contribution < 1.29 is 23.8 Å². The van der Waals surface area contributed by atoms with Crippen LogP contribution in [0.25, 0.3) is 0 Å². The Morgan fingerprint density at radius 2 is 1.90 bits per heavy atom. The van der Waals surface area contributed by atoms with Gasteiger partial charge in [-0.25, -0.2) is 10.2 Å². The number of nitrogens with zero attached hydrogens (tertiary/aromatic N) is 1. The molecule has 2 amide bonds. The minimum Gasteiger partial charge on any atom is -0.493 e. The molecule has 30 heavy (non-hydrogen) atoms. The Morgan fingerprint density at radius 3 is 2.53 bits per heavy atom. The molecule has 8 nitrogen and oxygen atoms in total. The average molecular weight is 525 g/mol. The highest BCUT2D eigenvalue weighted by Crippen LogP contribution is 2.33. The zero-order valence-corrected chi connectivity index (χ0v) is 19.1. The van der Waals surface area contributed by atoms with Crippen LogP contribution in [0.15, 0.2) is 47.6 Å². The Balaban J connectivity index is 2.05. The first-order chi connectivity index (χ1) is 14.5. The van der Waals surface area contributed by atoms with E-state index in [-0.39, 0.29) is 18.9 Å². The summed E-state index contributed by atoms with van der Waals surface area (Å²) in [5, 5.41) is 6.71. The molecule has 0 aliphatic heterocycles. The summed E-state index contributed by atoms with van der Waals surface area (Å²) in [4.78, 5) is 24.2. The summed E-state index contributed by atoms with van der Waals surface area (Å²) in [6.45, 7) is 1.96. The molecule has 2 rings (SSSR count). The van der Waals surface area contributed by atoms with E-state index in [0.717, 1.165) is 14.7 Å². The van der Waals surface area contributed by atoms with Crippen LogP contribution in [0.1, 0.15) is 30.5 Å². The quantitative estimate of drug-likeness (QED) is 0.296. The van der Waals surface area contributed by atoms with Crippen molar-refractivity contribution in [3.63, 3.8) is 0 Å². The van der Waals surface area contributed by atoms with Crippen LogP contribution in [0, 0.1) is 3.57 Å². The van der Waals surface area contributed by atoms with E-state index in [0.29, 0.717) is 11.5 Å². The van der Waals surface area contributed by atoms with E-state index in [9.17, 15) is 9.59 Å². The highest BCUT2D eigenvalue weighted by atomic mass is 127. The monoisotopic (exact) mass is 525 g/mol. The molecule has 0 unspecified atom stereocenters. The van der Waals surface area contributed by atoms with Crippen molar-refractivity contribution in [2.24, 2.45) is 5.10 Å². The summed E-state index contributed by atoms with van der Waals surface area (Å²) >= 11 is 2.13. The second kappa shape index (κ2) is 12.0. The van der Waals surface area contributed by atoms with E-state index >= 15 is 0 Å². The van der Waals surface area contributed by atoms with E-state index < -0.39 is 12.1 Å². The average Bonchev–Trinajstić information content (AvgIpc) is 2.73. The van der Waals surface area contributed by atoms with Crippen molar-refractivity contribution in [1.29, 1.82) is 0 Å². The normalized spacial score (nSPS) is 11.6. The molecule has 0 fully saturated rings. The Hall–Kier alpha value is -2.82. The van der Waals surface area contributed by atoms with Crippen LogP contribution in [-0.4, -0.2) is 39.0 Å². The van der Waals surface area contributed by atoms with Crippen LogP contribution in [0.3, 0.4) is 0 Å². The molecule has 9 heteroatoms. The Morgan fingerprint density at radius 1 is 1.17 bits per heavy atom. The second-order valence-electron chi connectivity index (χ2n) is 6.06. The minimum absolute atomic E-state index is 0.00361. The third-order valence-corrected chi connectivity index (χ3v) is 4.82. The van der Waals surface area contributed by atoms with Crippen molar-refractivity contribution in [2.75, 3.05) is 20.8 Å². The molecule has 0 bridgehead atoms. The smallest absolute Gasteiger partial charge is 0.407 e. The number of carbonyl (C=O) groups excluding carboxylic acids is 2. The summed E-state index contributed by atoms with van der Waals surface area (Å²) in [7, 11) is 3.12. The van der Waals surface area contributed by atoms with Crippen LogP contribution in [0.4, 0.5) is 4.79 Å². The van der Waals surface area contributed by atoms with Gasteiger partial charge in [-0.05, 0) is 52.8 Å². The Bertz CT molecular complexity index is 890. The van der Waals surface area contributed by atoms with Gasteiger partial charge in [-0.1, -0.05) is 30.3 Å². The Kier molecular flexibility index (Phi) is 9.39. The van der Waals surface area contributed by atoms with Crippen molar-refractivity contribution in [1.82, 2.24) is 10.7 Å². The van der Waals surface area contributed by atoms with Gasteiger partial charge in [0.15, 0.2) is 11.5 Å².